The van der Waals surface area contributed by atoms with E-state index < -0.39 is 24.6 Å². The Kier molecular flexibility index (Phi) is 4.89. The van der Waals surface area contributed by atoms with E-state index in [4.69, 9.17) is 10.2 Å². The molecular formula is C7H14N2O5. The molecule has 82 valence electrons. The zero-order valence-electron chi connectivity index (χ0n) is 8.30. The van der Waals surface area contributed by atoms with Gasteiger partial charge >= 0.3 is 6.09 Å². The molecule has 2 amide bonds. The van der Waals surface area contributed by atoms with Crippen molar-refractivity contribution in [3.63, 3.8) is 0 Å². The van der Waals surface area contributed by atoms with E-state index >= 15 is 0 Å². The topological polar surface area (TPSA) is 90.3 Å². The molecule has 0 rings (SSSR count). The zero-order chi connectivity index (χ0) is 11.3. The van der Waals surface area contributed by atoms with Crippen molar-refractivity contribution in [2.45, 2.75) is 6.04 Å². The minimum absolute atomic E-state index is 0.588. The van der Waals surface area contributed by atoms with Crippen molar-refractivity contribution in [1.82, 2.24) is 9.96 Å². The second-order valence-corrected chi connectivity index (χ2v) is 2.61. The summed E-state index contributed by atoms with van der Waals surface area (Å²) in [6, 6.07) is -1.14. The molecule has 1 unspecified atom stereocenters. The third kappa shape index (κ3) is 2.86. The van der Waals surface area contributed by atoms with Gasteiger partial charge in [0.25, 0.3) is 5.91 Å². The third-order valence-electron chi connectivity index (χ3n) is 1.81. The van der Waals surface area contributed by atoms with Crippen molar-refractivity contribution in [1.29, 1.82) is 0 Å². The number of carbonyl (C=O) groups excluding carboxylic acids is 1. The van der Waals surface area contributed by atoms with Crippen molar-refractivity contribution in [2.75, 3.05) is 27.8 Å². The summed E-state index contributed by atoms with van der Waals surface area (Å²) in [7, 11) is 3.80. The number of hydrogen-bond donors (Lipinski definition) is 2. The highest BCUT2D eigenvalue weighted by atomic mass is 16.7. The second kappa shape index (κ2) is 5.40. The summed E-state index contributed by atoms with van der Waals surface area (Å²) in [6.07, 6.45) is -1.29. The predicted molar refractivity (Wildman–Crippen MR) is 46.4 cm³/mol. The van der Waals surface area contributed by atoms with Crippen LogP contribution in [0.3, 0.4) is 0 Å². The van der Waals surface area contributed by atoms with E-state index in [1.165, 1.54) is 21.2 Å². The van der Waals surface area contributed by atoms with Gasteiger partial charge in [0.15, 0.2) is 0 Å². The molecule has 0 aliphatic heterocycles. The lowest BCUT2D eigenvalue weighted by Gasteiger charge is -2.25. The van der Waals surface area contributed by atoms with Crippen LogP contribution in [-0.4, -0.2) is 66.0 Å². The SMILES string of the molecule is CON(C)C(=O)C(CO)N(C)C(=O)O. The first kappa shape index (κ1) is 12.7. The lowest BCUT2D eigenvalue weighted by atomic mass is 10.2. The van der Waals surface area contributed by atoms with Crippen LogP contribution in [0.2, 0.25) is 0 Å². The molecule has 14 heavy (non-hydrogen) atoms. The Morgan fingerprint density at radius 2 is 1.93 bits per heavy atom. The fourth-order valence-corrected chi connectivity index (χ4v) is 0.799. The summed E-state index contributed by atoms with van der Waals surface area (Å²) in [4.78, 5) is 27.2. The van der Waals surface area contributed by atoms with Gasteiger partial charge in [0, 0.05) is 14.1 Å². The van der Waals surface area contributed by atoms with Crippen LogP contribution < -0.4 is 0 Å². The number of nitrogens with zero attached hydrogens (tertiary/aromatic N) is 2. The molecule has 0 aromatic heterocycles. The van der Waals surface area contributed by atoms with Crippen molar-refractivity contribution in [3.05, 3.63) is 0 Å². The van der Waals surface area contributed by atoms with E-state index in [0.717, 1.165) is 9.96 Å². The number of aliphatic hydroxyl groups is 1. The average Bonchev–Trinajstić information content (AvgIpc) is 2.17. The second-order valence-electron chi connectivity index (χ2n) is 2.61. The summed E-state index contributed by atoms with van der Waals surface area (Å²) in [5.74, 6) is -0.625. The van der Waals surface area contributed by atoms with Gasteiger partial charge in [0.05, 0.1) is 13.7 Å². The smallest absolute Gasteiger partial charge is 0.407 e. The highest BCUT2D eigenvalue weighted by Crippen LogP contribution is 2.01. The molecule has 2 N–H and O–H groups in total. The van der Waals surface area contributed by atoms with E-state index in [-0.39, 0.29) is 0 Å². The molecule has 0 aliphatic rings. The number of hydrogen-bond acceptors (Lipinski definition) is 4. The highest BCUT2D eigenvalue weighted by Gasteiger charge is 2.28. The van der Waals surface area contributed by atoms with Crippen LogP contribution in [0, 0.1) is 0 Å². The Balaban J connectivity index is 4.55. The third-order valence-corrected chi connectivity index (χ3v) is 1.81. The quantitative estimate of drug-likeness (QED) is 0.574. The standard InChI is InChI=1S/C7H14N2O5/c1-8(7(12)13)5(4-10)6(11)9(2)14-3/h5,10H,4H2,1-3H3,(H,12,13). The summed E-state index contributed by atoms with van der Waals surface area (Å²) < 4.78 is 0. The Morgan fingerprint density at radius 1 is 1.43 bits per heavy atom. The van der Waals surface area contributed by atoms with Gasteiger partial charge in [0.1, 0.15) is 6.04 Å². The maximum absolute atomic E-state index is 11.4. The molecule has 0 fully saturated rings. The first-order valence-electron chi connectivity index (χ1n) is 3.84. The van der Waals surface area contributed by atoms with Gasteiger partial charge in [-0.15, -0.1) is 0 Å². The van der Waals surface area contributed by atoms with Crippen LogP contribution in [0.4, 0.5) is 4.79 Å². The monoisotopic (exact) mass is 206 g/mol. The van der Waals surface area contributed by atoms with Gasteiger partial charge in [-0.2, -0.15) is 0 Å². The Bertz CT molecular complexity index is 220. The normalized spacial score (nSPS) is 12.0. The van der Waals surface area contributed by atoms with Crippen LogP contribution in [0.5, 0.6) is 0 Å². The molecule has 0 bridgehead atoms. The number of likely N-dealkylation sites (N-methyl/N-ethyl adjacent to an activating group) is 2. The van der Waals surface area contributed by atoms with Gasteiger partial charge in [-0.05, 0) is 0 Å². The van der Waals surface area contributed by atoms with Crippen LogP contribution in [0.25, 0.3) is 0 Å². The van der Waals surface area contributed by atoms with E-state index in [2.05, 4.69) is 4.84 Å². The lowest BCUT2D eigenvalue weighted by molar-refractivity contribution is -0.174. The molecular weight excluding hydrogens is 192 g/mol. The molecule has 0 aromatic rings. The predicted octanol–water partition coefficient (Wildman–Crippen LogP) is -1.02. The fraction of sp³-hybridized carbons (Fsp3) is 0.714. The number of carbonyl (C=O) groups is 2. The molecule has 0 aromatic carbocycles. The lowest BCUT2D eigenvalue weighted by Crippen LogP contribution is -2.49. The molecule has 0 heterocycles. The van der Waals surface area contributed by atoms with E-state index in [1.54, 1.807) is 0 Å². The van der Waals surface area contributed by atoms with Crippen molar-refractivity contribution < 1.29 is 24.6 Å². The van der Waals surface area contributed by atoms with Gasteiger partial charge < -0.3 is 10.2 Å². The van der Waals surface area contributed by atoms with Crippen LogP contribution in [0.15, 0.2) is 0 Å². The Hall–Kier alpha value is -1.34. The minimum atomic E-state index is -1.29. The number of rotatable bonds is 4. The first-order chi connectivity index (χ1) is 6.45. The van der Waals surface area contributed by atoms with Crippen molar-refractivity contribution in [2.24, 2.45) is 0 Å². The molecule has 0 saturated carbocycles. The van der Waals surface area contributed by atoms with E-state index in [0.29, 0.717) is 0 Å². The maximum atomic E-state index is 11.4. The fourth-order valence-electron chi connectivity index (χ4n) is 0.799. The van der Waals surface area contributed by atoms with Crippen molar-refractivity contribution >= 4 is 12.0 Å². The maximum Gasteiger partial charge on any atom is 0.407 e. The van der Waals surface area contributed by atoms with Crippen LogP contribution in [-0.2, 0) is 9.63 Å². The van der Waals surface area contributed by atoms with Gasteiger partial charge in [-0.1, -0.05) is 0 Å². The van der Waals surface area contributed by atoms with E-state index in [9.17, 15) is 9.59 Å². The number of carboxylic acid groups (broad SMARTS) is 1. The van der Waals surface area contributed by atoms with Gasteiger partial charge in [-0.3, -0.25) is 14.5 Å². The average molecular weight is 206 g/mol. The van der Waals surface area contributed by atoms with Crippen molar-refractivity contribution in [3.8, 4) is 0 Å². The summed E-state index contributed by atoms with van der Waals surface area (Å²) >= 11 is 0. The molecule has 0 aliphatic carbocycles. The van der Waals surface area contributed by atoms with Crippen LogP contribution >= 0.6 is 0 Å². The molecule has 0 spiro atoms. The molecule has 7 heteroatoms. The number of aliphatic hydroxyl groups excluding tert-OH is 1. The molecule has 0 saturated heterocycles. The van der Waals surface area contributed by atoms with Gasteiger partial charge in [-0.25, -0.2) is 9.86 Å². The van der Waals surface area contributed by atoms with Crippen LogP contribution in [0.1, 0.15) is 0 Å². The largest absolute Gasteiger partial charge is 0.465 e. The summed E-state index contributed by atoms with van der Waals surface area (Å²) in [5, 5.41) is 18.3. The molecule has 7 nitrogen and oxygen atoms in total. The Labute approximate surface area is 81.4 Å². The zero-order valence-corrected chi connectivity index (χ0v) is 8.30. The summed E-state index contributed by atoms with van der Waals surface area (Å²) in [6.45, 7) is -0.588. The van der Waals surface area contributed by atoms with Gasteiger partial charge in [0.2, 0.25) is 0 Å². The first-order valence-corrected chi connectivity index (χ1v) is 3.84. The van der Waals surface area contributed by atoms with E-state index in [1.807, 2.05) is 0 Å². The number of hydroxylamine groups is 2. The summed E-state index contributed by atoms with van der Waals surface area (Å²) in [5.41, 5.74) is 0. The Morgan fingerprint density at radius 3 is 2.21 bits per heavy atom. The molecule has 1 atom stereocenters. The number of amides is 2. The minimum Gasteiger partial charge on any atom is -0.465 e. The molecule has 0 radical (unpaired) electrons. The highest BCUT2D eigenvalue weighted by molar-refractivity contribution is 5.84.